The smallest absolute Gasteiger partial charge is 0.416 e. The van der Waals surface area contributed by atoms with E-state index in [0.717, 1.165) is 18.4 Å². The Bertz CT molecular complexity index is 806. The van der Waals surface area contributed by atoms with E-state index in [1.807, 2.05) is 0 Å². The second-order valence-electron chi connectivity index (χ2n) is 6.02. The fraction of sp³-hybridized carbons (Fsp3) is 0.353. The average molecular weight is 368 g/mol. The first-order valence-corrected chi connectivity index (χ1v) is 7.91. The number of alkyl halides is 3. The fourth-order valence-electron chi connectivity index (χ4n) is 2.80. The second-order valence-corrected chi connectivity index (χ2v) is 6.02. The summed E-state index contributed by atoms with van der Waals surface area (Å²) >= 11 is 0. The zero-order valence-corrected chi connectivity index (χ0v) is 13.5. The Balaban J connectivity index is 1.70. The summed E-state index contributed by atoms with van der Waals surface area (Å²) in [5.41, 5.74) is -0.430. The maximum Gasteiger partial charge on any atom is 0.416 e. The molecule has 1 aliphatic heterocycles. The third-order valence-electron chi connectivity index (χ3n) is 4.31. The van der Waals surface area contributed by atoms with E-state index in [4.69, 9.17) is 9.52 Å². The molecule has 6 nitrogen and oxygen atoms in total. The number of halogens is 3. The Kier molecular flexibility index (Phi) is 4.71. The summed E-state index contributed by atoms with van der Waals surface area (Å²) in [4.78, 5) is 28.9. The second kappa shape index (κ2) is 6.81. The van der Waals surface area contributed by atoms with E-state index in [-0.39, 0.29) is 11.6 Å². The number of amides is 1. The van der Waals surface area contributed by atoms with Crippen LogP contribution in [0.1, 0.15) is 28.9 Å². The lowest BCUT2D eigenvalue weighted by molar-refractivity contribution is -0.143. The summed E-state index contributed by atoms with van der Waals surface area (Å²) in [5, 5.41) is 8.98. The minimum atomic E-state index is -4.43. The monoisotopic (exact) mass is 368 g/mol. The van der Waals surface area contributed by atoms with Crippen molar-refractivity contribution in [3.63, 3.8) is 0 Å². The molecule has 2 heterocycles. The molecule has 0 saturated carbocycles. The standard InChI is InChI=1S/C17H15F3N2O4/c18-17(19,20)12-3-1-10(2-4-12)14-21-13(9-26-14)15(23)22-7-5-11(6-8-22)16(24)25/h1-4,9,11H,5-8H2,(H,24,25). The number of benzene rings is 1. The quantitative estimate of drug-likeness (QED) is 0.899. The van der Waals surface area contributed by atoms with Gasteiger partial charge in [0.15, 0.2) is 5.69 Å². The third kappa shape index (κ3) is 3.71. The summed E-state index contributed by atoms with van der Waals surface area (Å²) in [7, 11) is 0. The van der Waals surface area contributed by atoms with E-state index in [2.05, 4.69) is 4.98 Å². The number of rotatable bonds is 3. The van der Waals surface area contributed by atoms with Crippen molar-refractivity contribution in [2.24, 2.45) is 5.92 Å². The number of hydrogen-bond donors (Lipinski definition) is 1. The van der Waals surface area contributed by atoms with Gasteiger partial charge in [-0.15, -0.1) is 0 Å². The van der Waals surface area contributed by atoms with Crippen molar-refractivity contribution in [3.05, 3.63) is 41.8 Å². The molecule has 0 aliphatic carbocycles. The molecule has 0 bridgehead atoms. The highest BCUT2D eigenvalue weighted by atomic mass is 19.4. The van der Waals surface area contributed by atoms with Crippen molar-refractivity contribution in [2.75, 3.05) is 13.1 Å². The van der Waals surface area contributed by atoms with Gasteiger partial charge in [0.05, 0.1) is 11.5 Å². The van der Waals surface area contributed by atoms with Gasteiger partial charge in [-0.25, -0.2) is 4.98 Å². The summed E-state index contributed by atoms with van der Waals surface area (Å²) in [6.45, 7) is 0.608. The van der Waals surface area contributed by atoms with Gasteiger partial charge in [0, 0.05) is 18.7 Å². The fourth-order valence-corrected chi connectivity index (χ4v) is 2.80. The largest absolute Gasteiger partial charge is 0.481 e. The number of aliphatic carboxylic acids is 1. The summed E-state index contributed by atoms with van der Waals surface area (Å²) in [6.07, 6.45) is -2.55. The van der Waals surface area contributed by atoms with Crippen LogP contribution in [0.4, 0.5) is 13.2 Å². The SMILES string of the molecule is O=C(O)C1CCN(C(=O)c2coc(-c3ccc(C(F)(F)F)cc3)n2)CC1. The van der Waals surface area contributed by atoms with Crippen LogP contribution in [0.15, 0.2) is 34.9 Å². The minimum absolute atomic E-state index is 0.0358. The van der Waals surface area contributed by atoms with Crippen molar-refractivity contribution in [3.8, 4) is 11.5 Å². The molecule has 1 amide bonds. The molecule has 9 heteroatoms. The number of carboxylic acids is 1. The van der Waals surface area contributed by atoms with E-state index in [0.29, 0.717) is 31.5 Å². The van der Waals surface area contributed by atoms with E-state index >= 15 is 0 Å². The normalized spacial score (nSPS) is 15.9. The molecule has 3 rings (SSSR count). The molecule has 138 valence electrons. The van der Waals surface area contributed by atoms with Crippen LogP contribution in [-0.2, 0) is 11.0 Å². The first-order chi connectivity index (χ1) is 12.3. The third-order valence-corrected chi connectivity index (χ3v) is 4.31. The molecule has 26 heavy (non-hydrogen) atoms. The predicted octanol–water partition coefficient (Wildman–Crippen LogP) is 3.30. The van der Waals surface area contributed by atoms with Gasteiger partial charge in [0.25, 0.3) is 5.91 Å². The highest BCUT2D eigenvalue weighted by Gasteiger charge is 2.31. The Morgan fingerprint density at radius 3 is 2.31 bits per heavy atom. The van der Waals surface area contributed by atoms with E-state index in [1.165, 1.54) is 17.0 Å². The molecular weight excluding hydrogens is 353 g/mol. The lowest BCUT2D eigenvalue weighted by Gasteiger charge is -2.29. The summed E-state index contributed by atoms with van der Waals surface area (Å²) < 4.78 is 43.0. The first-order valence-electron chi connectivity index (χ1n) is 7.91. The number of piperidine rings is 1. The molecule has 0 unspecified atom stereocenters. The van der Waals surface area contributed by atoms with Crippen LogP contribution in [0.3, 0.4) is 0 Å². The number of likely N-dealkylation sites (tertiary alicyclic amines) is 1. The molecule has 0 spiro atoms. The maximum atomic E-state index is 12.6. The number of aromatic nitrogens is 1. The molecule has 1 saturated heterocycles. The molecule has 2 aromatic rings. The zero-order chi connectivity index (χ0) is 18.9. The minimum Gasteiger partial charge on any atom is -0.481 e. The van der Waals surface area contributed by atoms with Crippen LogP contribution in [-0.4, -0.2) is 40.0 Å². The maximum absolute atomic E-state index is 12.6. The van der Waals surface area contributed by atoms with Crippen molar-refractivity contribution in [1.29, 1.82) is 0 Å². The van der Waals surface area contributed by atoms with E-state index in [1.54, 1.807) is 0 Å². The van der Waals surface area contributed by atoms with Gasteiger partial charge >= 0.3 is 12.1 Å². The molecule has 1 aromatic carbocycles. The molecule has 1 fully saturated rings. The van der Waals surface area contributed by atoms with E-state index in [9.17, 15) is 22.8 Å². The highest BCUT2D eigenvalue weighted by Crippen LogP contribution is 2.31. The number of carboxylic acid groups (broad SMARTS) is 1. The lowest BCUT2D eigenvalue weighted by atomic mass is 9.97. The van der Waals surface area contributed by atoms with Crippen LogP contribution >= 0.6 is 0 Å². The number of carbonyl (C=O) groups excluding carboxylic acids is 1. The van der Waals surface area contributed by atoms with Crippen LogP contribution in [0.25, 0.3) is 11.5 Å². The Labute approximate surface area is 146 Å². The van der Waals surface area contributed by atoms with Crippen LogP contribution < -0.4 is 0 Å². The Morgan fingerprint density at radius 1 is 1.15 bits per heavy atom. The Hall–Kier alpha value is -2.84. The van der Waals surface area contributed by atoms with Gasteiger partial charge < -0.3 is 14.4 Å². The molecule has 1 aliphatic rings. The first kappa shape index (κ1) is 18.0. The molecular formula is C17H15F3N2O4. The van der Waals surface area contributed by atoms with E-state index < -0.39 is 29.5 Å². The molecule has 1 N–H and O–H groups in total. The van der Waals surface area contributed by atoms with Crippen molar-refractivity contribution in [1.82, 2.24) is 9.88 Å². The van der Waals surface area contributed by atoms with Crippen molar-refractivity contribution < 1.29 is 32.3 Å². The highest BCUT2D eigenvalue weighted by molar-refractivity contribution is 5.92. The average Bonchev–Trinajstić information content (AvgIpc) is 3.10. The van der Waals surface area contributed by atoms with Crippen LogP contribution in [0, 0.1) is 5.92 Å². The van der Waals surface area contributed by atoms with Crippen LogP contribution in [0.2, 0.25) is 0 Å². The van der Waals surface area contributed by atoms with Gasteiger partial charge in [-0.2, -0.15) is 13.2 Å². The Morgan fingerprint density at radius 2 is 1.77 bits per heavy atom. The topological polar surface area (TPSA) is 83.6 Å². The van der Waals surface area contributed by atoms with Gasteiger partial charge in [-0.05, 0) is 37.1 Å². The zero-order valence-electron chi connectivity index (χ0n) is 13.5. The molecule has 1 aromatic heterocycles. The number of carbonyl (C=O) groups is 2. The number of hydrogen-bond acceptors (Lipinski definition) is 4. The van der Waals surface area contributed by atoms with Crippen molar-refractivity contribution >= 4 is 11.9 Å². The summed E-state index contributed by atoms with van der Waals surface area (Å²) in [6, 6.07) is 4.28. The predicted molar refractivity (Wildman–Crippen MR) is 83.2 cm³/mol. The van der Waals surface area contributed by atoms with Gasteiger partial charge in [0.1, 0.15) is 6.26 Å². The summed E-state index contributed by atoms with van der Waals surface area (Å²) in [5.74, 6) is -1.68. The van der Waals surface area contributed by atoms with Crippen molar-refractivity contribution in [2.45, 2.75) is 19.0 Å². The van der Waals surface area contributed by atoms with Gasteiger partial charge in [0.2, 0.25) is 5.89 Å². The molecule has 0 radical (unpaired) electrons. The van der Waals surface area contributed by atoms with Crippen LogP contribution in [0.5, 0.6) is 0 Å². The number of oxazole rings is 1. The number of nitrogens with zero attached hydrogens (tertiary/aromatic N) is 2. The lowest BCUT2D eigenvalue weighted by Crippen LogP contribution is -2.40. The van der Waals surface area contributed by atoms with Gasteiger partial charge in [-0.1, -0.05) is 0 Å². The molecule has 0 atom stereocenters. The van der Waals surface area contributed by atoms with Gasteiger partial charge in [-0.3, -0.25) is 9.59 Å².